The van der Waals surface area contributed by atoms with Gasteiger partial charge in [-0.25, -0.2) is 9.67 Å². The molecule has 6 heteroatoms. The van der Waals surface area contributed by atoms with Crippen molar-refractivity contribution >= 4 is 34.3 Å². The summed E-state index contributed by atoms with van der Waals surface area (Å²) in [6.45, 7) is 1.88. The van der Waals surface area contributed by atoms with E-state index < -0.39 is 0 Å². The Kier molecular flexibility index (Phi) is 4.27. The number of allylic oxidation sites excluding steroid dienone is 1. The second kappa shape index (κ2) is 6.75. The van der Waals surface area contributed by atoms with Crippen LogP contribution in [0.1, 0.15) is 17.1 Å². The van der Waals surface area contributed by atoms with Crippen molar-refractivity contribution in [3.05, 3.63) is 76.8 Å². The Bertz CT molecular complexity index is 1210. The third-order valence-corrected chi connectivity index (χ3v) is 4.85. The number of nitrogens with zero attached hydrogens (tertiary/aromatic N) is 5. The van der Waals surface area contributed by atoms with Gasteiger partial charge in [0.25, 0.3) is 0 Å². The zero-order valence-electron chi connectivity index (χ0n) is 14.9. The van der Waals surface area contributed by atoms with E-state index in [9.17, 15) is 5.26 Å². The van der Waals surface area contributed by atoms with Gasteiger partial charge in [0.05, 0.1) is 28.0 Å². The average molecular weight is 374 g/mol. The van der Waals surface area contributed by atoms with Crippen LogP contribution in [0, 0.1) is 18.3 Å². The van der Waals surface area contributed by atoms with Crippen molar-refractivity contribution < 1.29 is 0 Å². The first-order chi connectivity index (χ1) is 13.1. The van der Waals surface area contributed by atoms with Crippen molar-refractivity contribution in [2.75, 3.05) is 0 Å². The Labute approximate surface area is 161 Å². The van der Waals surface area contributed by atoms with E-state index in [2.05, 4.69) is 16.2 Å². The lowest BCUT2D eigenvalue weighted by atomic mass is 10.1. The fourth-order valence-corrected chi connectivity index (χ4v) is 3.42. The number of aryl methyl sites for hydroxylation is 2. The van der Waals surface area contributed by atoms with E-state index in [1.54, 1.807) is 10.8 Å². The molecule has 0 aliphatic rings. The monoisotopic (exact) mass is 373 g/mol. The number of nitriles is 1. The number of halogens is 1. The molecule has 4 rings (SSSR count). The van der Waals surface area contributed by atoms with Gasteiger partial charge in [0.2, 0.25) is 0 Å². The predicted octanol–water partition coefficient (Wildman–Crippen LogP) is 4.79. The van der Waals surface area contributed by atoms with Gasteiger partial charge in [-0.3, -0.25) is 0 Å². The molecule has 0 spiro atoms. The summed E-state index contributed by atoms with van der Waals surface area (Å²) in [6.07, 6.45) is 1.76. The first kappa shape index (κ1) is 17.1. The molecule has 0 bridgehead atoms. The Morgan fingerprint density at radius 2 is 1.81 bits per heavy atom. The largest absolute Gasteiger partial charge is 0.327 e. The van der Waals surface area contributed by atoms with E-state index in [1.165, 1.54) is 0 Å². The van der Waals surface area contributed by atoms with Crippen LogP contribution in [0.25, 0.3) is 28.4 Å². The average Bonchev–Trinajstić information content (AvgIpc) is 3.18. The van der Waals surface area contributed by atoms with E-state index in [1.807, 2.05) is 73.1 Å². The molecule has 0 atom stereocenters. The number of imidazole rings is 1. The molecular formula is C21H16ClN5. The summed E-state index contributed by atoms with van der Waals surface area (Å²) in [6, 6.07) is 19.7. The highest BCUT2D eigenvalue weighted by molar-refractivity contribution is 6.31. The maximum absolute atomic E-state index is 9.75. The van der Waals surface area contributed by atoms with E-state index in [-0.39, 0.29) is 0 Å². The minimum atomic E-state index is 0.436. The van der Waals surface area contributed by atoms with Gasteiger partial charge in [0.1, 0.15) is 11.2 Å². The van der Waals surface area contributed by atoms with Crippen LogP contribution in [0.15, 0.2) is 54.6 Å². The second-order valence-corrected chi connectivity index (χ2v) is 6.55. The summed E-state index contributed by atoms with van der Waals surface area (Å²) in [5.41, 5.74) is 4.58. The lowest BCUT2D eigenvalue weighted by Gasteiger charge is -2.03. The minimum absolute atomic E-state index is 0.436. The van der Waals surface area contributed by atoms with Crippen LogP contribution in [0.2, 0.25) is 5.15 Å². The first-order valence-electron chi connectivity index (χ1n) is 8.44. The molecule has 0 aliphatic heterocycles. The number of hydrogen-bond donors (Lipinski definition) is 0. The molecule has 27 heavy (non-hydrogen) atoms. The van der Waals surface area contributed by atoms with E-state index in [4.69, 9.17) is 11.6 Å². The van der Waals surface area contributed by atoms with E-state index in [0.717, 1.165) is 22.4 Å². The van der Waals surface area contributed by atoms with Crippen molar-refractivity contribution in [3.8, 4) is 11.8 Å². The lowest BCUT2D eigenvalue weighted by molar-refractivity contribution is 0.863. The van der Waals surface area contributed by atoms with Crippen LogP contribution < -0.4 is 0 Å². The van der Waals surface area contributed by atoms with Gasteiger partial charge < -0.3 is 4.57 Å². The maximum Gasteiger partial charge on any atom is 0.151 e. The number of para-hydroxylation sites is 3. The number of fused-ring (bicyclic) bond motifs is 1. The number of aromatic nitrogens is 4. The Hall–Kier alpha value is -3.36. The second-order valence-electron chi connectivity index (χ2n) is 6.19. The van der Waals surface area contributed by atoms with Crippen LogP contribution in [0.3, 0.4) is 0 Å². The van der Waals surface area contributed by atoms with Gasteiger partial charge in [0, 0.05) is 12.6 Å². The topological polar surface area (TPSA) is 59.4 Å². The Morgan fingerprint density at radius 3 is 2.52 bits per heavy atom. The summed E-state index contributed by atoms with van der Waals surface area (Å²) in [5.74, 6) is 0.599. The van der Waals surface area contributed by atoms with Crippen molar-refractivity contribution in [1.82, 2.24) is 19.3 Å². The maximum atomic E-state index is 9.75. The molecule has 5 nitrogen and oxygen atoms in total. The predicted molar refractivity (Wildman–Crippen MR) is 108 cm³/mol. The van der Waals surface area contributed by atoms with Gasteiger partial charge in [-0.1, -0.05) is 41.9 Å². The van der Waals surface area contributed by atoms with Crippen LogP contribution in [-0.4, -0.2) is 19.3 Å². The molecule has 4 aromatic rings. The van der Waals surface area contributed by atoms with Crippen molar-refractivity contribution in [2.45, 2.75) is 6.92 Å². The summed E-state index contributed by atoms with van der Waals surface area (Å²) in [5, 5.41) is 14.7. The lowest BCUT2D eigenvalue weighted by Crippen LogP contribution is -1.96. The fourth-order valence-electron chi connectivity index (χ4n) is 3.09. The molecular weight excluding hydrogens is 358 g/mol. The number of hydrogen-bond acceptors (Lipinski definition) is 3. The number of rotatable bonds is 3. The molecule has 2 heterocycles. The van der Waals surface area contributed by atoms with Crippen molar-refractivity contribution in [2.24, 2.45) is 7.05 Å². The van der Waals surface area contributed by atoms with Gasteiger partial charge in [-0.05, 0) is 37.3 Å². The molecule has 0 radical (unpaired) electrons. The van der Waals surface area contributed by atoms with Crippen LogP contribution in [0.4, 0.5) is 0 Å². The molecule has 2 aromatic heterocycles. The highest BCUT2D eigenvalue weighted by atomic mass is 35.5. The Morgan fingerprint density at radius 1 is 1.11 bits per heavy atom. The molecule has 0 aliphatic carbocycles. The first-order valence-corrected chi connectivity index (χ1v) is 8.82. The molecule has 0 amide bonds. The smallest absolute Gasteiger partial charge is 0.151 e. The zero-order chi connectivity index (χ0) is 19.0. The van der Waals surface area contributed by atoms with E-state index >= 15 is 0 Å². The van der Waals surface area contributed by atoms with Crippen molar-refractivity contribution in [3.63, 3.8) is 0 Å². The third-order valence-electron chi connectivity index (χ3n) is 4.49. The summed E-state index contributed by atoms with van der Waals surface area (Å²) in [7, 11) is 1.90. The highest BCUT2D eigenvalue weighted by Crippen LogP contribution is 2.28. The van der Waals surface area contributed by atoms with E-state index in [0.29, 0.717) is 22.1 Å². The normalized spacial score (nSPS) is 11.7. The van der Waals surface area contributed by atoms with Gasteiger partial charge in [-0.2, -0.15) is 10.4 Å². The fraction of sp³-hybridized carbons (Fsp3) is 0.0952. The third kappa shape index (κ3) is 2.90. The number of benzene rings is 2. The molecule has 0 fully saturated rings. The summed E-state index contributed by atoms with van der Waals surface area (Å²) in [4.78, 5) is 4.61. The molecule has 0 N–H and O–H groups in total. The van der Waals surface area contributed by atoms with Crippen molar-refractivity contribution in [1.29, 1.82) is 5.26 Å². The molecule has 0 saturated heterocycles. The quantitative estimate of drug-likeness (QED) is 0.485. The standard InChI is InChI=1S/C21H16ClN5/c1-14-17(20(22)27(25-14)16-8-4-3-5-9-16)12-15(13-23)21-24-18-10-6-7-11-19(18)26(21)2/h3-12H,1-2H3/b15-12+. The summed E-state index contributed by atoms with van der Waals surface area (Å²) >= 11 is 6.59. The van der Waals surface area contributed by atoms with Crippen LogP contribution in [-0.2, 0) is 7.05 Å². The zero-order valence-corrected chi connectivity index (χ0v) is 15.6. The SMILES string of the molecule is Cc1nn(-c2ccccc2)c(Cl)c1/C=C(\C#N)c1nc2ccccc2n1C. The molecule has 0 saturated carbocycles. The highest BCUT2D eigenvalue weighted by Gasteiger charge is 2.17. The molecule has 132 valence electrons. The van der Waals surface area contributed by atoms with Crippen LogP contribution in [0.5, 0.6) is 0 Å². The Balaban J connectivity index is 1.86. The van der Waals surface area contributed by atoms with Gasteiger partial charge in [0.15, 0.2) is 5.82 Å². The molecule has 0 unspecified atom stereocenters. The summed E-state index contributed by atoms with van der Waals surface area (Å²) < 4.78 is 3.59. The van der Waals surface area contributed by atoms with Gasteiger partial charge in [-0.15, -0.1) is 0 Å². The minimum Gasteiger partial charge on any atom is -0.327 e. The molecule has 2 aromatic carbocycles. The van der Waals surface area contributed by atoms with Crippen LogP contribution >= 0.6 is 11.6 Å². The van der Waals surface area contributed by atoms with Gasteiger partial charge >= 0.3 is 0 Å².